The molecule has 16 atom stereocenters. The number of carboxylic acids is 2. The predicted octanol–water partition coefficient (Wildman–Crippen LogP) is 5.32. The summed E-state index contributed by atoms with van der Waals surface area (Å²) in [6, 6.07) is 3.23. The van der Waals surface area contributed by atoms with Crippen molar-refractivity contribution < 1.29 is 19.8 Å². The summed E-state index contributed by atoms with van der Waals surface area (Å²) in [5.41, 5.74) is 0. The maximum atomic E-state index is 11.7. The number of hydrogen-bond acceptors (Lipinski definition) is 6. The van der Waals surface area contributed by atoms with Gasteiger partial charge in [0.1, 0.15) is 0 Å². The van der Waals surface area contributed by atoms with Gasteiger partial charge >= 0.3 is 11.9 Å². The number of rotatable bonds is 8. The van der Waals surface area contributed by atoms with Crippen LogP contribution in [0.2, 0.25) is 0 Å². The highest BCUT2D eigenvalue weighted by molar-refractivity contribution is 5.85. The summed E-state index contributed by atoms with van der Waals surface area (Å²) in [5.74, 6) is 2.63. The quantitative estimate of drug-likeness (QED) is 0.207. The Morgan fingerprint density at radius 3 is 1.05 bits per heavy atom. The van der Waals surface area contributed by atoms with E-state index in [9.17, 15) is 19.8 Å². The van der Waals surface area contributed by atoms with Crippen LogP contribution >= 0.6 is 24.8 Å². The number of carbonyl (C=O) groups is 2. The van der Waals surface area contributed by atoms with Crippen LogP contribution in [-0.2, 0) is 9.59 Å². The third-order valence-electron chi connectivity index (χ3n) is 13.4. The second kappa shape index (κ2) is 16.0. The molecule has 5 aliphatic heterocycles. The molecule has 0 aliphatic carbocycles. The maximum Gasteiger partial charge on any atom is 0.303 e. The van der Waals surface area contributed by atoms with Gasteiger partial charge in [0.25, 0.3) is 0 Å². The molecule has 44 heavy (non-hydrogen) atoms. The van der Waals surface area contributed by atoms with E-state index in [0.717, 1.165) is 19.3 Å². The van der Waals surface area contributed by atoms with Gasteiger partial charge in [0, 0.05) is 61.2 Å². The molecule has 0 spiro atoms. The second-order valence-electron chi connectivity index (χ2n) is 15.2. The summed E-state index contributed by atoms with van der Waals surface area (Å²) in [6.45, 7) is 14.3. The van der Waals surface area contributed by atoms with E-state index in [1.807, 2.05) is 0 Å². The molecular weight excluding hydrogens is 599 g/mol. The van der Waals surface area contributed by atoms with Gasteiger partial charge in [-0.25, -0.2) is 0 Å². The van der Waals surface area contributed by atoms with Gasteiger partial charge in [0.15, 0.2) is 0 Å². The zero-order chi connectivity index (χ0) is 30.3. The minimum Gasteiger partial charge on any atom is -0.481 e. The van der Waals surface area contributed by atoms with Crippen molar-refractivity contribution in [2.24, 2.45) is 47.3 Å². The number of carboxylic acid groups (broad SMARTS) is 2. The molecule has 5 heterocycles. The second-order valence-corrected chi connectivity index (χ2v) is 15.2. The first-order valence-corrected chi connectivity index (χ1v) is 17.5. The molecule has 256 valence electrons. The average Bonchev–Trinajstić information content (AvgIpc) is 3.59. The van der Waals surface area contributed by atoms with Gasteiger partial charge < -0.3 is 31.5 Å². The Morgan fingerprint density at radius 1 is 0.500 bits per heavy atom. The highest BCUT2D eigenvalue weighted by Crippen LogP contribution is 2.44. The van der Waals surface area contributed by atoms with E-state index in [1.54, 1.807) is 0 Å². The molecule has 0 aromatic carbocycles. The largest absolute Gasteiger partial charge is 0.481 e. The van der Waals surface area contributed by atoms with Crippen LogP contribution in [0.4, 0.5) is 0 Å². The Morgan fingerprint density at radius 2 is 0.750 bits per heavy atom. The molecule has 5 aliphatic rings. The van der Waals surface area contributed by atoms with Crippen molar-refractivity contribution in [3.8, 4) is 0 Å². The molecule has 5 saturated heterocycles. The summed E-state index contributed by atoms with van der Waals surface area (Å²) in [6.07, 6.45) is 8.52. The summed E-state index contributed by atoms with van der Waals surface area (Å²) in [4.78, 5) is 23.3. The lowest BCUT2D eigenvalue weighted by molar-refractivity contribution is -0.138. The average molecular weight is 662 g/mol. The zero-order valence-electron chi connectivity index (χ0n) is 27.8. The van der Waals surface area contributed by atoms with E-state index in [-0.39, 0.29) is 49.7 Å². The fourth-order valence-electron chi connectivity index (χ4n) is 10.9. The monoisotopic (exact) mass is 660 g/mol. The molecule has 8 nitrogen and oxygen atoms in total. The van der Waals surface area contributed by atoms with Crippen molar-refractivity contribution in [1.29, 1.82) is 0 Å². The fourth-order valence-corrected chi connectivity index (χ4v) is 10.9. The van der Waals surface area contributed by atoms with E-state index >= 15 is 0 Å². The van der Waals surface area contributed by atoms with Crippen molar-refractivity contribution in [2.45, 2.75) is 154 Å². The highest BCUT2D eigenvalue weighted by atomic mass is 35.5. The van der Waals surface area contributed by atoms with Crippen molar-refractivity contribution in [2.75, 3.05) is 0 Å². The van der Waals surface area contributed by atoms with Crippen LogP contribution < -0.4 is 21.3 Å². The van der Waals surface area contributed by atoms with Crippen molar-refractivity contribution in [3.63, 3.8) is 0 Å². The Kier molecular flexibility index (Phi) is 13.7. The summed E-state index contributed by atoms with van der Waals surface area (Å²) >= 11 is 0. The molecular formula is C34H62Cl2N4O4. The topological polar surface area (TPSA) is 123 Å². The lowest BCUT2D eigenvalue weighted by Gasteiger charge is -2.28. The molecule has 10 heteroatoms. The molecule has 6 N–H and O–H groups in total. The molecule has 0 saturated carbocycles. The molecule has 0 aromatic heterocycles. The van der Waals surface area contributed by atoms with Crippen molar-refractivity contribution in [3.05, 3.63) is 0 Å². The Labute approximate surface area is 278 Å². The van der Waals surface area contributed by atoms with Crippen molar-refractivity contribution in [1.82, 2.24) is 21.3 Å². The molecule has 5 fully saturated rings. The van der Waals surface area contributed by atoms with Crippen LogP contribution in [0.5, 0.6) is 0 Å². The summed E-state index contributed by atoms with van der Waals surface area (Å²) in [7, 11) is 0. The van der Waals surface area contributed by atoms with Crippen molar-refractivity contribution >= 4 is 36.8 Å². The molecule has 0 aromatic rings. The van der Waals surface area contributed by atoms with Gasteiger partial charge in [-0.2, -0.15) is 0 Å². The predicted molar refractivity (Wildman–Crippen MR) is 181 cm³/mol. The van der Waals surface area contributed by atoms with E-state index in [0.29, 0.717) is 96.4 Å². The van der Waals surface area contributed by atoms with Crippen LogP contribution in [0.3, 0.4) is 0 Å². The highest BCUT2D eigenvalue weighted by Gasteiger charge is 2.51. The Bertz CT molecular complexity index is 960. The number of hydrogen-bond donors (Lipinski definition) is 6. The van der Waals surface area contributed by atoms with E-state index in [2.05, 4.69) is 62.8 Å². The van der Waals surface area contributed by atoms with Gasteiger partial charge in [-0.3, -0.25) is 9.59 Å². The van der Waals surface area contributed by atoms with Crippen LogP contribution in [-0.4, -0.2) is 70.5 Å². The zero-order valence-corrected chi connectivity index (χ0v) is 29.5. The minimum absolute atomic E-state index is 0. The third-order valence-corrected chi connectivity index (χ3v) is 13.4. The molecule has 8 bridgehead atoms. The maximum absolute atomic E-state index is 11.7. The number of halogens is 2. The first kappa shape index (κ1) is 37.8. The Balaban J connectivity index is 0.00000264. The van der Waals surface area contributed by atoms with E-state index in [1.165, 1.54) is 19.3 Å². The number of fused-ring (bicyclic) bond motifs is 8. The fraction of sp³-hybridized carbons (Fsp3) is 0.941. The summed E-state index contributed by atoms with van der Waals surface area (Å²) in [5, 5.41) is 35.6. The van der Waals surface area contributed by atoms with Gasteiger partial charge in [-0.1, -0.05) is 54.4 Å². The molecule has 0 amide bonds. The van der Waals surface area contributed by atoms with E-state index in [4.69, 9.17) is 0 Å². The normalized spacial score (nSPS) is 46.7. The van der Waals surface area contributed by atoms with E-state index < -0.39 is 11.9 Å². The SMILES string of the molecule is CCC1C2CC3NC(CC4NC(CC5NC(CC(N2)C1C)C(C)C5CCC(=O)O)C(CCC(=O)O)C4C)C(CC)C3C.Cl.Cl. The van der Waals surface area contributed by atoms with Gasteiger partial charge in [0.2, 0.25) is 0 Å². The first-order valence-electron chi connectivity index (χ1n) is 17.5. The van der Waals surface area contributed by atoms with Crippen LogP contribution in [0.25, 0.3) is 0 Å². The number of nitrogens with one attached hydrogen (secondary N) is 4. The lowest BCUT2D eigenvalue weighted by Crippen LogP contribution is -2.45. The molecule has 0 radical (unpaired) electrons. The Hall–Kier alpha value is -0.640. The first-order chi connectivity index (χ1) is 20.0. The van der Waals surface area contributed by atoms with Gasteiger partial charge in [-0.15, -0.1) is 24.8 Å². The standard InChI is InChI=1S/C34H60N4O4.2ClH/c1-7-21-17(3)25-13-26-19(5)23(9-11-33(39)40)31(37-26)16-32-24(10-12-34(41)42)20(6)28(38-32)15-30-22(8-2)18(4)27(36-30)14-29(21)35-25;;/h17-32,35-38H,7-16H2,1-6H3,(H,39,40)(H,41,42);2*1H. The smallest absolute Gasteiger partial charge is 0.303 e. The molecule has 16 unspecified atom stereocenters. The lowest BCUT2D eigenvalue weighted by atomic mass is 9.76. The summed E-state index contributed by atoms with van der Waals surface area (Å²) < 4.78 is 0. The minimum atomic E-state index is -0.711. The van der Waals surface area contributed by atoms with Gasteiger partial charge in [0.05, 0.1) is 0 Å². The van der Waals surface area contributed by atoms with Crippen LogP contribution in [0.15, 0.2) is 0 Å². The third kappa shape index (κ3) is 7.73. The van der Waals surface area contributed by atoms with Gasteiger partial charge in [-0.05, 0) is 85.9 Å². The number of aliphatic carboxylic acids is 2. The van der Waals surface area contributed by atoms with Crippen LogP contribution in [0, 0.1) is 47.3 Å². The van der Waals surface area contributed by atoms with Crippen LogP contribution in [0.1, 0.15) is 106 Å². The molecule has 5 rings (SSSR count).